The van der Waals surface area contributed by atoms with E-state index in [1.165, 1.54) is 34.7 Å². The summed E-state index contributed by atoms with van der Waals surface area (Å²) in [5.74, 6) is -2.74. The molecular formula is C32H18F6N4O6S4. The molecule has 0 heterocycles. The average Bonchev–Trinajstić information content (AvgIpc) is 3.06. The zero-order chi connectivity index (χ0) is 39.1. The van der Waals surface area contributed by atoms with E-state index < -0.39 is 54.0 Å². The van der Waals surface area contributed by atoms with Gasteiger partial charge >= 0.3 is 31.3 Å². The van der Waals surface area contributed by atoms with Crippen molar-refractivity contribution in [2.75, 3.05) is 0 Å². The van der Waals surface area contributed by atoms with Crippen molar-refractivity contribution in [2.24, 2.45) is 0 Å². The molecule has 52 heavy (non-hydrogen) atoms. The minimum absolute atomic E-state index is 0.220. The van der Waals surface area contributed by atoms with Crippen LogP contribution in [0.5, 0.6) is 11.5 Å². The van der Waals surface area contributed by atoms with Gasteiger partial charge in [-0.25, -0.2) is 9.69 Å². The predicted molar refractivity (Wildman–Crippen MR) is 177 cm³/mol. The van der Waals surface area contributed by atoms with E-state index in [1.54, 1.807) is 0 Å². The van der Waals surface area contributed by atoms with Gasteiger partial charge in [0.25, 0.3) is 5.69 Å². The van der Waals surface area contributed by atoms with Crippen LogP contribution in [-0.2, 0) is 20.2 Å². The lowest BCUT2D eigenvalue weighted by Crippen LogP contribution is -2.29. The molecule has 0 bridgehead atoms. The van der Waals surface area contributed by atoms with Crippen LogP contribution in [0.2, 0.25) is 0 Å². The van der Waals surface area contributed by atoms with Crippen LogP contribution in [0, 0.1) is 49.7 Å². The van der Waals surface area contributed by atoms with Crippen molar-refractivity contribution < 1.29 is 51.5 Å². The molecule has 268 valence electrons. The van der Waals surface area contributed by atoms with E-state index >= 15 is 0 Å². The summed E-state index contributed by atoms with van der Waals surface area (Å²) in [6.45, 7) is 18.4. The Hall–Kier alpha value is -5.38. The Morgan fingerprint density at radius 2 is 0.981 bits per heavy atom. The third-order valence-electron chi connectivity index (χ3n) is 6.12. The van der Waals surface area contributed by atoms with Gasteiger partial charge in [-0.3, -0.25) is 0 Å². The molecule has 4 aromatic rings. The van der Waals surface area contributed by atoms with Crippen LogP contribution >= 0.6 is 23.5 Å². The predicted octanol–water partition coefficient (Wildman–Crippen LogP) is 9.59. The van der Waals surface area contributed by atoms with Crippen molar-refractivity contribution in [3.8, 4) is 23.6 Å². The number of aryl methyl sites for hydroxylation is 2. The topological polar surface area (TPSA) is 143 Å². The average molecular weight is 797 g/mol. The zero-order valence-electron chi connectivity index (χ0n) is 26.1. The first kappa shape index (κ1) is 41.0. The quantitative estimate of drug-likeness (QED) is 0.0732. The van der Waals surface area contributed by atoms with Crippen LogP contribution in [0.15, 0.2) is 92.4 Å². The van der Waals surface area contributed by atoms with E-state index in [1.807, 2.05) is 74.5 Å². The summed E-state index contributed by atoms with van der Waals surface area (Å²) in [5, 5.41) is 18.5. The molecule has 20 heteroatoms. The van der Waals surface area contributed by atoms with E-state index in [0.717, 1.165) is 25.7 Å². The summed E-state index contributed by atoms with van der Waals surface area (Å²) in [6.07, 6.45) is 0. The van der Waals surface area contributed by atoms with Crippen LogP contribution in [0.3, 0.4) is 0 Å². The van der Waals surface area contributed by atoms with E-state index in [2.05, 4.69) is 24.1 Å². The highest BCUT2D eigenvalue weighted by atomic mass is 32.2. The number of nitrogens with zero attached hydrogens (tertiary/aromatic N) is 4. The van der Waals surface area contributed by atoms with Gasteiger partial charge in [0.15, 0.2) is 11.5 Å². The first-order valence-corrected chi connectivity index (χ1v) is 18.0. The van der Waals surface area contributed by atoms with Gasteiger partial charge in [-0.15, -0.1) is 11.8 Å². The van der Waals surface area contributed by atoms with E-state index in [-0.39, 0.29) is 12.1 Å². The van der Waals surface area contributed by atoms with Crippen LogP contribution in [0.25, 0.3) is 9.69 Å². The van der Waals surface area contributed by atoms with Gasteiger partial charge in [-0.2, -0.15) is 53.7 Å². The maximum absolute atomic E-state index is 12.3. The highest BCUT2D eigenvalue weighted by Crippen LogP contribution is 2.43. The van der Waals surface area contributed by atoms with Gasteiger partial charge in [0.1, 0.15) is 5.56 Å². The Morgan fingerprint density at radius 1 is 0.596 bits per heavy atom. The van der Waals surface area contributed by atoms with Gasteiger partial charge in [-0.1, -0.05) is 53.2 Å². The SMILES string of the molecule is [C-]#[N+]c1c(OS(=O)(=O)C(F)(F)F)ccc(OS(=O)(=O)C(F)(F)F)c1C#N.[C-]#[N+]c1c(Sc2ccc(C)cc2)ccc(Sc2ccc(C)cc2)c1C#N. The minimum atomic E-state index is -6.27. The summed E-state index contributed by atoms with van der Waals surface area (Å²) >= 11 is 3.04. The lowest BCUT2D eigenvalue weighted by atomic mass is 10.1. The molecule has 0 atom stereocenters. The first-order chi connectivity index (χ1) is 24.2. The van der Waals surface area contributed by atoms with Crippen molar-refractivity contribution in [3.63, 3.8) is 0 Å². The number of hydrogen-bond donors (Lipinski definition) is 0. The first-order valence-electron chi connectivity index (χ1n) is 13.6. The molecule has 4 rings (SSSR count). The summed E-state index contributed by atoms with van der Waals surface area (Å²) in [7, 11) is -12.5. The van der Waals surface area contributed by atoms with Crippen LogP contribution in [0.1, 0.15) is 22.3 Å². The second-order valence-electron chi connectivity index (χ2n) is 9.81. The van der Waals surface area contributed by atoms with Crippen LogP contribution in [0.4, 0.5) is 37.7 Å². The van der Waals surface area contributed by atoms with Gasteiger partial charge < -0.3 is 8.37 Å². The summed E-state index contributed by atoms with van der Waals surface area (Å²) in [4.78, 5) is 9.88. The Bertz CT molecular complexity index is 2210. The van der Waals surface area contributed by atoms with E-state index in [0.29, 0.717) is 11.3 Å². The fourth-order valence-corrected chi connectivity index (χ4v) is 6.39. The summed E-state index contributed by atoms with van der Waals surface area (Å²) < 4.78 is 125. The maximum Gasteiger partial charge on any atom is 0.534 e. The largest absolute Gasteiger partial charge is 0.534 e. The van der Waals surface area contributed by atoms with Crippen molar-refractivity contribution in [1.82, 2.24) is 0 Å². The second kappa shape index (κ2) is 16.3. The zero-order valence-corrected chi connectivity index (χ0v) is 29.3. The molecule has 0 saturated heterocycles. The lowest BCUT2D eigenvalue weighted by Gasteiger charge is -2.14. The van der Waals surface area contributed by atoms with Crippen molar-refractivity contribution in [2.45, 2.75) is 44.4 Å². The normalized spacial score (nSPS) is 11.5. The second-order valence-corrected chi connectivity index (χ2v) is 15.1. The van der Waals surface area contributed by atoms with Crippen molar-refractivity contribution in [3.05, 3.63) is 118 Å². The van der Waals surface area contributed by atoms with Gasteiger partial charge in [-0.05, 0) is 56.3 Å². The number of hydrogen-bond acceptors (Lipinski definition) is 10. The molecule has 0 radical (unpaired) electrons. The molecule has 0 unspecified atom stereocenters. The minimum Gasteiger partial charge on any atom is -0.388 e. The van der Waals surface area contributed by atoms with Crippen LogP contribution in [-0.4, -0.2) is 27.9 Å². The van der Waals surface area contributed by atoms with Crippen molar-refractivity contribution >= 4 is 55.1 Å². The van der Waals surface area contributed by atoms with Crippen LogP contribution < -0.4 is 8.37 Å². The summed E-state index contributed by atoms with van der Waals surface area (Å²) in [5.41, 5.74) is -11.2. The number of alkyl halides is 6. The van der Waals surface area contributed by atoms with E-state index in [9.17, 15) is 48.4 Å². The molecule has 0 aliphatic carbocycles. The van der Waals surface area contributed by atoms with Gasteiger partial charge in [0.05, 0.1) is 30.8 Å². The molecular weight excluding hydrogens is 779 g/mol. The Kier molecular flexibility index (Phi) is 12.9. The fourth-order valence-electron chi connectivity index (χ4n) is 3.65. The molecule has 0 saturated carbocycles. The Morgan fingerprint density at radius 3 is 1.38 bits per heavy atom. The highest BCUT2D eigenvalue weighted by molar-refractivity contribution is 8.00. The van der Waals surface area contributed by atoms with Gasteiger partial charge in [0.2, 0.25) is 5.69 Å². The molecule has 0 fully saturated rings. The third kappa shape index (κ3) is 9.90. The monoisotopic (exact) mass is 796 g/mol. The third-order valence-corrected chi connectivity index (χ3v) is 10.2. The highest BCUT2D eigenvalue weighted by Gasteiger charge is 2.50. The molecule has 0 N–H and O–H groups in total. The molecule has 0 amide bonds. The molecule has 0 aliphatic rings. The Labute approximate surface area is 302 Å². The molecule has 4 aromatic carbocycles. The van der Waals surface area contributed by atoms with Gasteiger partial charge in [0, 0.05) is 19.6 Å². The fraction of sp³-hybridized carbons (Fsp3) is 0.125. The standard InChI is InChI=1S/C22H16N2S2.C10H2F6N2O6S2/c1-15-4-8-17(9-5-15)25-20-12-13-21(22(24-3)19(20)14-23)26-18-10-6-16(2)7-11-18;1-18-8-5(4-17)6(23-25(19,20)9(11,12)13)2-3-7(8)24-26(21,22)10(14,15)16/h4-13H,1-2H3;2-3H. The smallest absolute Gasteiger partial charge is 0.388 e. The van der Waals surface area contributed by atoms with Crippen molar-refractivity contribution in [1.29, 1.82) is 10.5 Å². The summed E-state index contributed by atoms with van der Waals surface area (Å²) in [6, 6.07) is 23.9. The number of rotatable bonds is 8. The Balaban J connectivity index is 0.000000280. The molecule has 0 spiro atoms. The lowest BCUT2D eigenvalue weighted by molar-refractivity contribution is -0.0505. The molecule has 0 aromatic heterocycles. The number of benzene rings is 4. The van der Waals surface area contributed by atoms with E-state index in [4.69, 9.17) is 18.4 Å². The number of nitriles is 2. The molecule has 10 nitrogen and oxygen atoms in total. The maximum atomic E-state index is 12.3. The number of halogens is 6. The molecule has 0 aliphatic heterocycles.